The molecule has 0 amide bonds. The molecule has 3 N–H and O–H groups in total. The molecule has 0 radical (unpaired) electrons. The van der Waals surface area contributed by atoms with Crippen molar-refractivity contribution in [1.82, 2.24) is 4.98 Å². The Morgan fingerprint density at radius 2 is 2.15 bits per heavy atom. The third kappa shape index (κ3) is 2.72. The highest BCUT2D eigenvalue weighted by Gasteiger charge is 2.39. The van der Waals surface area contributed by atoms with E-state index in [-0.39, 0.29) is 0 Å². The minimum Gasteiger partial charge on any atom is -0.383 e. The van der Waals surface area contributed by atoms with E-state index >= 15 is 0 Å². The summed E-state index contributed by atoms with van der Waals surface area (Å²) in [6.07, 6.45) is 11.2. The molecule has 4 heteroatoms. The highest BCUT2D eigenvalue weighted by Crippen LogP contribution is 2.49. The predicted octanol–water partition coefficient (Wildman–Crippen LogP) is 3.31. The van der Waals surface area contributed by atoms with Crippen molar-refractivity contribution in [1.29, 1.82) is 5.26 Å². The van der Waals surface area contributed by atoms with Crippen molar-refractivity contribution >= 4 is 11.5 Å². The molecule has 0 aliphatic heterocycles. The second-order valence-corrected chi connectivity index (χ2v) is 6.44. The quantitative estimate of drug-likeness (QED) is 0.860. The molecular formula is C16H22N4. The zero-order chi connectivity index (χ0) is 14.0. The van der Waals surface area contributed by atoms with Crippen LogP contribution in [0.3, 0.4) is 0 Å². The smallest absolute Gasteiger partial charge is 0.143 e. The third-order valence-corrected chi connectivity index (χ3v) is 4.83. The Hall–Kier alpha value is -1.76. The summed E-state index contributed by atoms with van der Waals surface area (Å²) in [5.41, 5.74) is 7.52. The van der Waals surface area contributed by atoms with Gasteiger partial charge in [0.1, 0.15) is 17.5 Å². The van der Waals surface area contributed by atoms with Crippen LogP contribution in [-0.4, -0.2) is 11.5 Å². The summed E-state index contributed by atoms with van der Waals surface area (Å²) in [6.45, 7) is 0.960. The molecule has 20 heavy (non-hydrogen) atoms. The summed E-state index contributed by atoms with van der Waals surface area (Å²) < 4.78 is 0. The number of rotatable bonds is 5. The topological polar surface area (TPSA) is 74.7 Å². The van der Waals surface area contributed by atoms with E-state index in [0.717, 1.165) is 18.2 Å². The minimum absolute atomic E-state index is 0.320. The second kappa shape index (κ2) is 5.32. The highest BCUT2D eigenvalue weighted by atomic mass is 14.9. The Bertz CT molecular complexity index is 522. The lowest BCUT2D eigenvalue weighted by Crippen LogP contribution is -2.27. The van der Waals surface area contributed by atoms with Gasteiger partial charge in [-0.15, -0.1) is 0 Å². The van der Waals surface area contributed by atoms with Crippen molar-refractivity contribution in [3.05, 3.63) is 17.8 Å². The number of pyridine rings is 1. The SMILES string of the molecule is N#Cc1c(NCC2(CC3CC3)CCCC2)ccnc1N. The summed E-state index contributed by atoms with van der Waals surface area (Å²) in [5, 5.41) is 12.7. The van der Waals surface area contributed by atoms with Crippen molar-refractivity contribution in [2.45, 2.75) is 44.9 Å². The van der Waals surface area contributed by atoms with Crippen LogP contribution in [0.4, 0.5) is 11.5 Å². The molecule has 4 nitrogen and oxygen atoms in total. The van der Waals surface area contributed by atoms with Crippen LogP contribution >= 0.6 is 0 Å². The lowest BCUT2D eigenvalue weighted by molar-refractivity contribution is 0.275. The molecule has 1 aromatic rings. The molecule has 0 spiro atoms. The van der Waals surface area contributed by atoms with Crippen LogP contribution in [0, 0.1) is 22.7 Å². The van der Waals surface area contributed by atoms with Gasteiger partial charge in [0.15, 0.2) is 0 Å². The predicted molar refractivity (Wildman–Crippen MR) is 80.1 cm³/mol. The second-order valence-electron chi connectivity index (χ2n) is 6.44. The van der Waals surface area contributed by atoms with Crippen LogP contribution in [0.1, 0.15) is 50.5 Å². The zero-order valence-corrected chi connectivity index (χ0v) is 11.9. The Kier molecular flexibility index (Phi) is 3.52. The maximum atomic E-state index is 9.20. The van der Waals surface area contributed by atoms with Crippen molar-refractivity contribution in [2.75, 3.05) is 17.6 Å². The van der Waals surface area contributed by atoms with Crippen molar-refractivity contribution in [3.63, 3.8) is 0 Å². The monoisotopic (exact) mass is 270 g/mol. The fourth-order valence-electron chi connectivity index (χ4n) is 3.54. The Labute approximate surface area is 120 Å². The molecule has 1 aromatic heterocycles. The fraction of sp³-hybridized carbons (Fsp3) is 0.625. The maximum Gasteiger partial charge on any atom is 0.143 e. The highest BCUT2D eigenvalue weighted by molar-refractivity contribution is 5.65. The number of nitrogen functional groups attached to an aromatic ring is 1. The Morgan fingerprint density at radius 3 is 2.80 bits per heavy atom. The largest absolute Gasteiger partial charge is 0.383 e. The van der Waals surface area contributed by atoms with Crippen molar-refractivity contribution in [3.8, 4) is 6.07 Å². The number of nitriles is 1. The van der Waals surface area contributed by atoms with Gasteiger partial charge in [-0.25, -0.2) is 4.98 Å². The molecule has 0 aromatic carbocycles. The van der Waals surface area contributed by atoms with Gasteiger partial charge >= 0.3 is 0 Å². The van der Waals surface area contributed by atoms with Gasteiger partial charge in [-0.2, -0.15) is 5.26 Å². The van der Waals surface area contributed by atoms with Crippen LogP contribution < -0.4 is 11.1 Å². The Morgan fingerprint density at radius 1 is 1.40 bits per heavy atom. The van der Waals surface area contributed by atoms with Crippen molar-refractivity contribution < 1.29 is 0 Å². The first-order chi connectivity index (χ1) is 9.72. The summed E-state index contributed by atoms with van der Waals surface area (Å²) in [5.74, 6) is 1.27. The molecule has 0 unspecified atom stereocenters. The number of nitrogens with one attached hydrogen (secondary N) is 1. The standard InChI is InChI=1S/C16H22N4/c17-10-13-14(5-8-19-15(13)18)20-11-16(6-1-2-7-16)9-12-3-4-12/h5,8,12H,1-4,6-7,9,11H2,(H3,18,19,20). The summed E-state index contributed by atoms with van der Waals surface area (Å²) in [7, 11) is 0. The molecule has 2 aliphatic rings. The van der Waals surface area contributed by atoms with E-state index in [1.807, 2.05) is 6.07 Å². The average molecular weight is 270 g/mol. The lowest BCUT2D eigenvalue weighted by atomic mass is 9.80. The van der Waals surface area contributed by atoms with E-state index in [1.165, 1.54) is 44.9 Å². The summed E-state index contributed by atoms with van der Waals surface area (Å²) in [4.78, 5) is 3.98. The molecule has 2 fully saturated rings. The third-order valence-electron chi connectivity index (χ3n) is 4.83. The zero-order valence-electron chi connectivity index (χ0n) is 11.9. The minimum atomic E-state index is 0.320. The van der Waals surface area contributed by atoms with E-state index in [9.17, 15) is 5.26 Å². The fourth-order valence-corrected chi connectivity index (χ4v) is 3.54. The van der Waals surface area contributed by atoms with Gasteiger partial charge in [-0.3, -0.25) is 0 Å². The summed E-state index contributed by atoms with van der Waals surface area (Å²) >= 11 is 0. The van der Waals surface area contributed by atoms with Gasteiger partial charge in [0.2, 0.25) is 0 Å². The van der Waals surface area contributed by atoms with Gasteiger partial charge in [-0.1, -0.05) is 25.7 Å². The lowest BCUT2D eigenvalue weighted by Gasteiger charge is -2.30. The molecule has 0 atom stereocenters. The number of hydrogen-bond donors (Lipinski definition) is 2. The van der Waals surface area contributed by atoms with Crippen LogP contribution in [0.5, 0.6) is 0 Å². The maximum absolute atomic E-state index is 9.20. The molecule has 1 heterocycles. The molecule has 2 saturated carbocycles. The van der Waals surface area contributed by atoms with Crippen LogP contribution in [0.15, 0.2) is 12.3 Å². The van der Waals surface area contributed by atoms with E-state index in [0.29, 0.717) is 16.8 Å². The van der Waals surface area contributed by atoms with Gasteiger partial charge in [0.05, 0.1) is 5.69 Å². The summed E-state index contributed by atoms with van der Waals surface area (Å²) in [6, 6.07) is 4.01. The van der Waals surface area contributed by atoms with Gasteiger partial charge in [0, 0.05) is 12.7 Å². The number of nitrogens with two attached hydrogens (primary N) is 1. The van der Waals surface area contributed by atoms with E-state index < -0.39 is 0 Å². The van der Waals surface area contributed by atoms with Crippen LogP contribution in [-0.2, 0) is 0 Å². The van der Waals surface area contributed by atoms with Crippen molar-refractivity contribution in [2.24, 2.45) is 11.3 Å². The van der Waals surface area contributed by atoms with Gasteiger partial charge in [0.25, 0.3) is 0 Å². The molecule has 0 saturated heterocycles. The normalized spacial score (nSPS) is 20.6. The van der Waals surface area contributed by atoms with Crippen LogP contribution in [0.2, 0.25) is 0 Å². The molecule has 106 valence electrons. The Balaban J connectivity index is 1.71. The molecular weight excluding hydrogens is 248 g/mol. The first kappa shape index (κ1) is 13.2. The number of anilines is 2. The number of nitrogens with zero attached hydrogens (tertiary/aromatic N) is 2. The van der Waals surface area contributed by atoms with Crippen LogP contribution in [0.25, 0.3) is 0 Å². The van der Waals surface area contributed by atoms with Gasteiger partial charge in [-0.05, 0) is 36.7 Å². The molecule has 3 rings (SSSR count). The molecule has 0 bridgehead atoms. The number of aromatic nitrogens is 1. The van der Waals surface area contributed by atoms with E-state index in [1.54, 1.807) is 6.20 Å². The molecule has 2 aliphatic carbocycles. The van der Waals surface area contributed by atoms with Gasteiger partial charge < -0.3 is 11.1 Å². The first-order valence-electron chi connectivity index (χ1n) is 7.61. The first-order valence-corrected chi connectivity index (χ1v) is 7.61. The van der Waals surface area contributed by atoms with E-state index in [2.05, 4.69) is 16.4 Å². The number of hydrogen-bond acceptors (Lipinski definition) is 4. The van der Waals surface area contributed by atoms with E-state index in [4.69, 9.17) is 5.73 Å². The average Bonchev–Trinajstić information content (AvgIpc) is 3.13.